The molecule has 1 unspecified atom stereocenters. The topological polar surface area (TPSA) is 12.4 Å². The van der Waals surface area contributed by atoms with E-state index in [0.29, 0.717) is 0 Å². The summed E-state index contributed by atoms with van der Waals surface area (Å²) in [6, 6.07) is 0. The van der Waals surface area contributed by atoms with E-state index in [9.17, 15) is 0 Å². The second-order valence-electron chi connectivity index (χ2n) is 4.30. The highest BCUT2D eigenvalue weighted by molar-refractivity contribution is 5.59. The van der Waals surface area contributed by atoms with Crippen molar-refractivity contribution in [2.75, 3.05) is 6.54 Å². The fourth-order valence-corrected chi connectivity index (χ4v) is 2.62. The molecular formula is C11H19N. The Morgan fingerprint density at radius 3 is 2.25 bits per heavy atom. The molecule has 2 rings (SSSR count). The van der Waals surface area contributed by atoms with Crippen molar-refractivity contribution >= 4 is 6.21 Å². The molecule has 0 bridgehead atoms. The van der Waals surface area contributed by atoms with Crippen LogP contribution in [0, 0.1) is 11.8 Å². The third-order valence-corrected chi connectivity index (χ3v) is 3.44. The van der Waals surface area contributed by atoms with Gasteiger partial charge in [-0.15, -0.1) is 0 Å². The van der Waals surface area contributed by atoms with Crippen LogP contribution in [0.4, 0.5) is 0 Å². The molecule has 2 aliphatic rings. The first kappa shape index (κ1) is 8.28. The molecule has 1 heteroatoms. The van der Waals surface area contributed by atoms with Crippen LogP contribution in [0.15, 0.2) is 4.99 Å². The smallest absolute Gasteiger partial charge is 0.0419 e. The second kappa shape index (κ2) is 4.06. The number of hydrogen-bond acceptors (Lipinski definition) is 1. The Kier molecular flexibility index (Phi) is 2.80. The van der Waals surface area contributed by atoms with E-state index in [2.05, 4.69) is 11.2 Å². The van der Waals surface area contributed by atoms with Gasteiger partial charge in [-0.2, -0.15) is 0 Å². The monoisotopic (exact) mass is 165 g/mol. The zero-order valence-corrected chi connectivity index (χ0v) is 7.84. The summed E-state index contributed by atoms with van der Waals surface area (Å²) in [5.74, 6) is 1.93. The van der Waals surface area contributed by atoms with Crippen LogP contribution >= 0.6 is 0 Å². The summed E-state index contributed by atoms with van der Waals surface area (Å²) in [5, 5.41) is 0. The van der Waals surface area contributed by atoms with Gasteiger partial charge in [-0.05, 0) is 24.5 Å². The van der Waals surface area contributed by atoms with Gasteiger partial charge in [-0.25, -0.2) is 0 Å². The first-order valence-corrected chi connectivity index (χ1v) is 5.45. The molecule has 0 N–H and O–H groups in total. The van der Waals surface area contributed by atoms with Crippen molar-refractivity contribution in [3.8, 4) is 0 Å². The number of hydrogen-bond donors (Lipinski definition) is 0. The third-order valence-electron chi connectivity index (χ3n) is 3.44. The Morgan fingerprint density at radius 1 is 0.917 bits per heavy atom. The first-order valence-electron chi connectivity index (χ1n) is 5.45. The van der Waals surface area contributed by atoms with Crippen molar-refractivity contribution < 1.29 is 0 Å². The fourth-order valence-electron chi connectivity index (χ4n) is 2.62. The Hall–Kier alpha value is -0.330. The minimum atomic E-state index is 0.920. The molecule has 1 nitrogen and oxygen atoms in total. The van der Waals surface area contributed by atoms with Gasteiger partial charge >= 0.3 is 0 Å². The molecule has 1 saturated carbocycles. The Labute approximate surface area is 75.3 Å². The van der Waals surface area contributed by atoms with Crippen LogP contribution in [0.1, 0.15) is 44.9 Å². The second-order valence-corrected chi connectivity index (χ2v) is 4.30. The molecule has 1 atom stereocenters. The Balaban J connectivity index is 1.84. The molecule has 12 heavy (non-hydrogen) atoms. The number of aliphatic imine (C=N–C) groups is 1. The van der Waals surface area contributed by atoms with Gasteiger partial charge in [-0.3, -0.25) is 4.99 Å². The lowest BCUT2D eigenvalue weighted by atomic mass is 9.85. The summed E-state index contributed by atoms with van der Waals surface area (Å²) in [6.07, 6.45) is 12.3. The highest BCUT2D eigenvalue weighted by Gasteiger charge is 2.23. The molecule has 1 aliphatic heterocycles. The summed E-state index contributed by atoms with van der Waals surface area (Å²) >= 11 is 0. The summed E-state index contributed by atoms with van der Waals surface area (Å²) in [5.41, 5.74) is 0. The molecule has 0 aromatic rings. The van der Waals surface area contributed by atoms with E-state index in [-0.39, 0.29) is 0 Å². The summed E-state index contributed by atoms with van der Waals surface area (Å²) in [6.45, 7) is 1.13. The highest BCUT2D eigenvalue weighted by atomic mass is 14.7. The molecular weight excluding hydrogens is 146 g/mol. The van der Waals surface area contributed by atoms with Gasteiger partial charge < -0.3 is 0 Å². The first-order chi connectivity index (χ1) is 5.97. The summed E-state index contributed by atoms with van der Waals surface area (Å²) < 4.78 is 0. The van der Waals surface area contributed by atoms with E-state index in [1.165, 1.54) is 44.9 Å². The van der Waals surface area contributed by atoms with Crippen LogP contribution in [0.5, 0.6) is 0 Å². The van der Waals surface area contributed by atoms with Crippen LogP contribution in [-0.2, 0) is 0 Å². The van der Waals surface area contributed by atoms with Crippen LogP contribution in [-0.4, -0.2) is 12.8 Å². The van der Waals surface area contributed by atoms with Gasteiger partial charge in [0.2, 0.25) is 0 Å². The van der Waals surface area contributed by atoms with Crippen molar-refractivity contribution in [1.29, 1.82) is 0 Å². The summed E-state index contributed by atoms with van der Waals surface area (Å²) in [4.78, 5) is 4.35. The largest absolute Gasteiger partial charge is 0.297 e. The van der Waals surface area contributed by atoms with Crippen molar-refractivity contribution in [1.82, 2.24) is 0 Å². The zero-order valence-electron chi connectivity index (χ0n) is 7.84. The minimum absolute atomic E-state index is 0.920. The van der Waals surface area contributed by atoms with E-state index >= 15 is 0 Å². The molecule has 0 aromatic carbocycles. The summed E-state index contributed by atoms with van der Waals surface area (Å²) in [7, 11) is 0. The van der Waals surface area contributed by atoms with E-state index < -0.39 is 0 Å². The lowest BCUT2D eigenvalue weighted by molar-refractivity contribution is 0.324. The lowest BCUT2D eigenvalue weighted by Gasteiger charge is -2.20. The third kappa shape index (κ3) is 1.88. The maximum atomic E-state index is 4.35. The maximum Gasteiger partial charge on any atom is 0.0419 e. The van der Waals surface area contributed by atoms with Crippen LogP contribution < -0.4 is 0 Å². The van der Waals surface area contributed by atoms with Crippen LogP contribution in [0.3, 0.4) is 0 Å². The molecule has 0 saturated heterocycles. The molecule has 0 radical (unpaired) electrons. The predicted molar refractivity (Wildman–Crippen MR) is 52.7 cm³/mol. The number of nitrogens with zero attached hydrogens (tertiary/aromatic N) is 1. The maximum absolute atomic E-state index is 4.35. The van der Waals surface area contributed by atoms with Gasteiger partial charge in [-0.1, -0.05) is 38.5 Å². The molecule has 1 fully saturated rings. The molecule has 1 aliphatic carbocycles. The van der Waals surface area contributed by atoms with Gasteiger partial charge in [0.25, 0.3) is 0 Å². The standard InChI is InChI=1S/C11H19N/c1-2-4-6-10(5-3-1)11-7-8-12-9-11/h8,10-11H,1-7,9H2. The average molecular weight is 165 g/mol. The van der Waals surface area contributed by atoms with Crippen molar-refractivity contribution in [2.45, 2.75) is 44.9 Å². The van der Waals surface area contributed by atoms with Crippen molar-refractivity contribution in [3.63, 3.8) is 0 Å². The highest BCUT2D eigenvalue weighted by Crippen LogP contribution is 2.32. The molecule has 68 valence electrons. The van der Waals surface area contributed by atoms with Gasteiger partial charge in [0.1, 0.15) is 0 Å². The Morgan fingerprint density at radius 2 is 1.67 bits per heavy atom. The Bertz CT molecular complexity index is 146. The van der Waals surface area contributed by atoms with E-state index in [0.717, 1.165) is 18.4 Å². The van der Waals surface area contributed by atoms with Crippen LogP contribution in [0.25, 0.3) is 0 Å². The van der Waals surface area contributed by atoms with Crippen molar-refractivity contribution in [2.24, 2.45) is 16.8 Å². The predicted octanol–water partition coefficient (Wildman–Crippen LogP) is 3.05. The number of rotatable bonds is 1. The molecule has 1 heterocycles. The molecule has 0 spiro atoms. The van der Waals surface area contributed by atoms with Gasteiger partial charge in [0.15, 0.2) is 0 Å². The molecule has 0 aromatic heterocycles. The normalized spacial score (nSPS) is 32.2. The van der Waals surface area contributed by atoms with Crippen molar-refractivity contribution in [3.05, 3.63) is 0 Å². The molecule has 0 amide bonds. The minimum Gasteiger partial charge on any atom is -0.297 e. The SMILES string of the molecule is C1=NCC(C2CCCCCC2)C1. The lowest BCUT2D eigenvalue weighted by Crippen LogP contribution is -2.14. The van der Waals surface area contributed by atoms with Crippen LogP contribution in [0.2, 0.25) is 0 Å². The zero-order chi connectivity index (χ0) is 8.23. The van der Waals surface area contributed by atoms with Gasteiger partial charge in [0, 0.05) is 6.54 Å². The van der Waals surface area contributed by atoms with Gasteiger partial charge in [0.05, 0.1) is 0 Å². The average Bonchev–Trinajstić information content (AvgIpc) is 2.48. The quantitative estimate of drug-likeness (QED) is 0.529. The van der Waals surface area contributed by atoms with E-state index in [1.807, 2.05) is 0 Å². The van der Waals surface area contributed by atoms with E-state index in [4.69, 9.17) is 0 Å². The van der Waals surface area contributed by atoms with E-state index in [1.54, 1.807) is 0 Å². The fraction of sp³-hybridized carbons (Fsp3) is 0.909.